The van der Waals surface area contributed by atoms with Crippen molar-refractivity contribution >= 4 is 33.7 Å². The van der Waals surface area contributed by atoms with Crippen LogP contribution in [0, 0.1) is 0 Å². The number of carbonyl (C=O) groups excluding carboxylic acids is 1. The average molecular weight is 350 g/mol. The number of methoxy groups -OCH3 is 1. The molecular weight excluding hydrogens is 332 g/mol. The highest BCUT2D eigenvalue weighted by Crippen LogP contribution is 2.41. The number of carbonyl (C=O) groups is 1. The summed E-state index contributed by atoms with van der Waals surface area (Å²) < 4.78 is 5.63. The molecule has 1 atom stereocenters. The Morgan fingerprint density at radius 2 is 2.04 bits per heavy atom. The minimum absolute atomic E-state index is 0.0634. The van der Waals surface area contributed by atoms with E-state index in [1.807, 2.05) is 41.8 Å². The lowest BCUT2D eigenvalue weighted by molar-refractivity contribution is -0.130. The van der Waals surface area contributed by atoms with Crippen LogP contribution in [0.1, 0.15) is 29.8 Å². The quantitative estimate of drug-likeness (QED) is 0.692. The van der Waals surface area contributed by atoms with Crippen LogP contribution >= 0.6 is 11.3 Å². The van der Waals surface area contributed by atoms with Crippen LogP contribution in [-0.4, -0.2) is 23.7 Å². The summed E-state index contributed by atoms with van der Waals surface area (Å²) in [5.74, 6) is 0.726. The van der Waals surface area contributed by atoms with Gasteiger partial charge in [-0.25, -0.2) is 5.01 Å². The van der Waals surface area contributed by atoms with Crippen LogP contribution in [0.25, 0.3) is 10.8 Å². The van der Waals surface area contributed by atoms with Crippen molar-refractivity contribution in [3.63, 3.8) is 0 Å². The lowest BCUT2D eigenvalue weighted by Gasteiger charge is -2.24. The molecular formula is C20H18N2O2S. The predicted octanol–water partition coefficient (Wildman–Crippen LogP) is 4.61. The van der Waals surface area contributed by atoms with Gasteiger partial charge in [0.2, 0.25) is 5.91 Å². The number of hydrazone groups is 1. The van der Waals surface area contributed by atoms with Gasteiger partial charge in [0, 0.05) is 18.9 Å². The van der Waals surface area contributed by atoms with E-state index in [2.05, 4.69) is 17.2 Å². The zero-order chi connectivity index (χ0) is 17.4. The Kier molecular flexibility index (Phi) is 4.01. The van der Waals surface area contributed by atoms with E-state index in [9.17, 15) is 4.79 Å². The molecule has 5 heteroatoms. The minimum Gasteiger partial charge on any atom is -0.496 e. The van der Waals surface area contributed by atoms with Gasteiger partial charge in [0.15, 0.2) is 0 Å². The molecule has 4 rings (SSSR count). The van der Waals surface area contributed by atoms with E-state index in [4.69, 9.17) is 4.74 Å². The number of amides is 1. The maximum atomic E-state index is 12.3. The molecule has 1 amide bonds. The number of hydrogen-bond acceptors (Lipinski definition) is 4. The van der Waals surface area contributed by atoms with Crippen LogP contribution in [0.15, 0.2) is 59.0 Å². The van der Waals surface area contributed by atoms with Crippen molar-refractivity contribution in [2.24, 2.45) is 5.10 Å². The van der Waals surface area contributed by atoms with E-state index < -0.39 is 0 Å². The van der Waals surface area contributed by atoms with Gasteiger partial charge < -0.3 is 4.74 Å². The molecule has 0 fully saturated rings. The molecule has 0 bridgehead atoms. The highest BCUT2D eigenvalue weighted by Gasteiger charge is 2.34. The monoisotopic (exact) mass is 350 g/mol. The molecule has 0 spiro atoms. The standard InChI is InChI=1S/C20H18N2O2S/c1-13(23)22-17(12-16(21-22)19-8-5-11-25-19)20-15-7-4-3-6-14(15)9-10-18(20)24-2/h3-11,17H,12H2,1-2H3/t17-/m1/s1. The van der Waals surface area contributed by atoms with Gasteiger partial charge >= 0.3 is 0 Å². The van der Waals surface area contributed by atoms with Crippen LogP contribution in [0.2, 0.25) is 0 Å². The molecule has 0 unspecified atom stereocenters. The first-order valence-electron chi connectivity index (χ1n) is 8.16. The summed E-state index contributed by atoms with van der Waals surface area (Å²) in [4.78, 5) is 13.4. The lowest BCUT2D eigenvalue weighted by atomic mass is 9.94. The Balaban J connectivity index is 1.86. The number of ether oxygens (including phenoxy) is 1. The summed E-state index contributed by atoms with van der Waals surface area (Å²) in [5.41, 5.74) is 1.97. The van der Waals surface area contributed by atoms with Gasteiger partial charge in [-0.1, -0.05) is 36.4 Å². The minimum atomic E-state index is -0.157. The molecule has 126 valence electrons. The Morgan fingerprint density at radius 1 is 1.20 bits per heavy atom. The second-order valence-electron chi connectivity index (χ2n) is 6.01. The van der Waals surface area contributed by atoms with Crippen LogP contribution < -0.4 is 4.74 Å². The second kappa shape index (κ2) is 6.33. The Labute approximate surface area is 150 Å². The number of benzene rings is 2. The first kappa shape index (κ1) is 15.8. The third-order valence-corrected chi connectivity index (χ3v) is 5.44. The summed E-state index contributed by atoms with van der Waals surface area (Å²) >= 11 is 1.64. The van der Waals surface area contributed by atoms with Crippen LogP contribution in [0.3, 0.4) is 0 Å². The van der Waals surface area contributed by atoms with Crippen molar-refractivity contribution in [1.82, 2.24) is 5.01 Å². The van der Waals surface area contributed by atoms with Crippen molar-refractivity contribution in [2.45, 2.75) is 19.4 Å². The molecule has 1 aromatic heterocycles. The summed E-state index contributed by atoms with van der Waals surface area (Å²) in [6.45, 7) is 1.56. The Hall–Kier alpha value is -2.66. The molecule has 0 saturated heterocycles. The maximum Gasteiger partial charge on any atom is 0.240 e. The zero-order valence-electron chi connectivity index (χ0n) is 14.1. The van der Waals surface area contributed by atoms with Crippen molar-refractivity contribution in [2.75, 3.05) is 7.11 Å². The Morgan fingerprint density at radius 3 is 2.76 bits per heavy atom. The normalized spacial score (nSPS) is 17.0. The maximum absolute atomic E-state index is 12.3. The van der Waals surface area contributed by atoms with Crippen LogP contribution in [0.5, 0.6) is 5.75 Å². The first-order chi connectivity index (χ1) is 12.2. The summed E-state index contributed by atoms with van der Waals surface area (Å²) in [5, 5.41) is 10.5. The van der Waals surface area contributed by atoms with E-state index in [1.54, 1.807) is 30.4 Å². The smallest absolute Gasteiger partial charge is 0.240 e. The molecule has 0 radical (unpaired) electrons. The number of fused-ring (bicyclic) bond motifs is 1. The van der Waals surface area contributed by atoms with Crippen molar-refractivity contribution in [3.8, 4) is 5.75 Å². The zero-order valence-corrected chi connectivity index (χ0v) is 14.9. The molecule has 0 saturated carbocycles. The molecule has 2 aromatic carbocycles. The lowest BCUT2D eigenvalue weighted by Crippen LogP contribution is -2.25. The molecule has 1 aliphatic rings. The van der Waals surface area contributed by atoms with E-state index in [0.29, 0.717) is 6.42 Å². The summed E-state index contributed by atoms with van der Waals surface area (Å²) in [6, 6.07) is 16.1. The highest BCUT2D eigenvalue weighted by molar-refractivity contribution is 7.12. The average Bonchev–Trinajstić information content (AvgIpc) is 3.30. The molecule has 0 N–H and O–H groups in total. The van der Waals surface area contributed by atoms with Gasteiger partial charge in [0.05, 0.1) is 23.7 Å². The van der Waals surface area contributed by atoms with Gasteiger partial charge in [-0.2, -0.15) is 5.10 Å². The highest BCUT2D eigenvalue weighted by atomic mass is 32.1. The fourth-order valence-electron chi connectivity index (χ4n) is 3.41. The second-order valence-corrected chi connectivity index (χ2v) is 6.96. The third kappa shape index (κ3) is 2.70. The number of nitrogens with zero attached hydrogens (tertiary/aromatic N) is 2. The van der Waals surface area contributed by atoms with Crippen LogP contribution in [0.4, 0.5) is 0 Å². The van der Waals surface area contributed by atoms with Gasteiger partial charge in [-0.05, 0) is 28.3 Å². The number of hydrogen-bond donors (Lipinski definition) is 0. The molecule has 0 aliphatic carbocycles. The van der Waals surface area contributed by atoms with E-state index >= 15 is 0 Å². The van der Waals surface area contributed by atoms with E-state index in [0.717, 1.165) is 32.7 Å². The molecule has 4 nitrogen and oxygen atoms in total. The Bertz CT molecular complexity index is 963. The van der Waals surface area contributed by atoms with Gasteiger partial charge in [-0.3, -0.25) is 4.79 Å². The number of rotatable bonds is 3. The molecule has 1 aliphatic heterocycles. The van der Waals surface area contributed by atoms with Gasteiger partial charge in [0.1, 0.15) is 5.75 Å². The van der Waals surface area contributed by atoms with E-state index in [1.165, 1.54) is 0 Å². The fourth-order valence-corrected chi connectivity index (χ4v) is 4.14. The fraction of sp³-hybridized carbons (Fsp3) is 0.200. The van der Waals surface area contributed by atoms with Gasteiger partial charge in [-0.15, -0.1) is 11.3 Å². The topological polar surface area (TPSA) is 41.9 Å². The number of thiophene rings is 1. The third-order valence-electron chi connectivity index (χ3n) is 4.52. The summed E-state index contributed by atoms with van der Waals surface area (Å²) in [7, 11) is 1.67. The molecule has 3 aromatic rings. The van der Waals surface area contributed by atoms with Crippen molar-refractivity contribution < 1.29 is 9.53 Å². The summed E-state index contributed by atoms with van der Waals surface area (Å²) in [6.07, 6.45) is 0.685. The first-order valence-corrected chi connectivity index (χ1v) is 9.04. The molecule has 25 heavy (non-hydrogen) atoms. The van der Waals surface area contributed by atoms with Crippen LogP contribution in [-0.2, 0) is 4.79 Å². The SMILES string of the molecule is COc1ccc2ccccc2c1[C@H]1CC(c2cccs2)=NN1C(C)=O. The van der Waals surface area contributed by atoms with Crippen molar-refractivity contribution in [1.29, 1.82) is 0 Å². The van der Waals surface area contributed by atoms with E-state index in [-0.39, 0.29) is 11.9 Å². The van der Waals surface area contributed by atoms with Crippen molar-refractivity contribution in [3.05, 3.63) is 64.4 Å². The largest absolute Gasteiger partial charge is 0.496 e. The molecule has 2 heterocycles. The van der Waals surface area contributed by atoms with Gasteiger partial charge in [0.25, 0.3) is 0 Å². The predicted molar refractivity (Wildman–Crippen MR) is 101 cm³/mol.